The number of likely N-dealkylation sites (N-methyl/N-ethyl adjacent to an activating group) is 1. The van der Waals surface area contributed by atoms with Crippen LogP contribution in [0.5, 0.6) is 17.2 Å². The number of nitrogens with zero attached hydrogens (tertiary/aromatic N) is 2. The van der Waals surface area contributed by atoms with E-state index in [1.54, 1.807) is 42.5 Å². The fraction of sp³-hybridized carbons (Fsp3) is 0.414. The SMILES string of the molecule is CCCCCOc1ccc(/C(O)=C2/C(=O)C(=O)N(CCN(C)C)C2c2ccc(OC)c(OC(C)=O)c2)cc1. The Morgan fingerprint density at radius 3 is 2.37 bits per heavy atom. The number of amides is 1. The molecule has 1 N–H and O–H groups in total. The molecule has 3 rings (SSSR count). The molecule has 0 aromatic heterocycles. The molecule has 0 bridgehead atoms. The number of hydrogen-bond acceptors (Lipinski definition) is 8. The van der Waals surface area contributed by atoms with Crippen molar-refractivity contribution in [1.29, 1.82) is 0 Å². The number of carbonyl (C=O) groups excluding carboxylic acids is 3. The number of hydrogen-bond donors (Lipinski definition) is 1. The Labute approximate surface area is 223 Å². The summed E-state index contributed by atoms with van der Waals surface area (Å²) in [5.41, 5.74) is 0.844. The predicted molar refractivity (Wildman–Crippen MR) is 143 cm³/mol. The zero-order valence-electron chi connectivity index (χ0n) is 22.7. The van der Waals surface area contributed by atoms with Crippen LogP contribution in [-0.4, -0.2) is 73.5 Å². The molecule has 1 saturated heterocycles. The maximum atomic E-state index is 13.3. The third-order valence-electron chi connectivity index (χ3n) is 6.23. The van der Waals surface area contributed by atoms with Crippen molar-refractivity contribution in [1.82, 2.24) is 9.80 Å². The van der Waals surface area contributed by atoms with Gasteiger partial charge in [0.1, 0.15) is 11.5 Å². The number of methoxy groups -OCH3 is 1. The van der Waals surface area contributed by atoms with E-state index in [2.05, 4.69) is 6.92 Å². The summed E-state index contributed by atoms with van der Waals surface area (Å²) in [5, 5.41) is 11.3. The summed E-state index contributed by atoms with van der Waals surface area (Å²) in [6.45, 7) is 4.74. The third-order valence-corrected chi connectivity index (χ3v) is 6.23. The van der Waals surface area contributed by atoms with Gasteiger partial charge in [-0.1, -0.05) is 25.8 Å². The van der Waals surface area contributed by atoms with Crippen LogP contribution >= 0.6 is 0 Å². The maximum Gasteiger partial charge on any atom is 0.308 e. The molecule has 0 saturated carbocycles. The standard InChI is InChI=1S/C29H36N2O7/c1-6-7-8-17-37-22-12-9-20(10-13-22)27(33)25-26(31(16-15-30(3)4)29(35)28(25)34)21-11-14-23(36-5)24(18-21)38-19(2)32/h9-14,18,26,33H,6-8,15-17H2,1-5H3/b27-25-. The van der Waals surface area contributed by atoms with Gasteiger partial charge in [-0.15, -0.1) is 0 Å². The first-order chi connectivity index (χ1) is 18.2. The molecule has 204 valence electrons. The molecular weight excluding hydrogens is 488 g/mol. The summed E-state index contributed by atoms with van der Waals surface area (Å²) in [5.74, 6) is -1.19. The van der Waals surface area contributed by atoms with Crippen molar-refractivity contribution in [2.75, 3.05) is 40.9 Å². The minimum atomic E-state index is -0.889. The molecule has 38 heavy (non-hydrogen) atoms. The second-order valence-electron chi connectivity index (χ2n) is 9.38. The zero-order valence-corrected chi connectivity index (χ0v) is 22.7. The highest BCUT2D eigenvalue weighted by molar-refractivity contribution is 6.46. The highest BCUT2D eigenvalue weighted by Crippen LogP contribution is 2.42. The van der Waals surface area contributed by atoms with E-state index in [0.29, 0.717) is 35.8 Å². The van der Waals surface area contributed by atoms with Crippen LogP contribution in [0, 0.1) is 0 Å². The monoisotopic (exact) mass is 524 g/mol. The quantitative estimate of drug-likeness (QED) is 0.110. The molecule has 1 unspecified atom stereocenters. The van der Waals surface area contributed by atoms with Crippen LogP contribution < -0.4 is 14.2 Å². The lowest BCUT2D eigenvalue weighted by molar-refractivity contribution is -0.140. The number of benzene rings is 2. The fourth-order valence-corrected chi connectivity index (χ4v) is 4.27. The first-order valence-corrected chi connectivity index (χ1v) is 12.7. The lowest BCUT2D eigenvalue weighted by atomic mass is 9.95. The van der Waals surface area contributed by atoms with E-state index in [1.165, 1.54) is 18.9 Å². The Morgan fingerprint density at radius 2 is 1.76 bits per heavy atom. The molecule has 0 radical (unpaired) electrons. The van der Waals surface area contributed by atoms with Crippen LogP contribution in [0.15, 0.2) is 48.0 Å². The van der Waals surface area contributed by atoms with E-state index in [0.717, 1.165) is 19.3 Å². The van der Waals surface area contributed by atoms with Crippen LogP contribution in [0.4, 0.5) is 0 Å². The molecule has 2 aromatic carbocycles. The molecule has 1 amide bonds. The number of likely N-dealkylation sites (tertiary alicyclic amines) is 1. The van der Waals surface area contributed by atoms with Gasteiger partial charge < -0.3 is 29.1 Å². The van der Waals surface area contributed by atoms with Crippen molar-refractivity contribution in [2.24, 2.45) is 0 Å². The van der Waals surface area contributed by atoms with E-state index >= 15 is 0 Å². The topological polar surface area (TPSA) is 106 Å². The number of unbranched alkanes of at least 4 members (excludes halogenated alkanes) is 2. The van der Waals surface area contributed by atoms with E-state index in [1.807, 2.05) is 19.0 Å². The highest BCUT2D eigenvalue weighted by atomic mass is 16.6. The van der Waals surface area contributed by atoms with Gasteiger partial charge in [0.25, 0.3) is 11.7 Å². The summed E-state index contributed by atoms with van der Waals surface area (Å²) in [6, 6.07) is 10.7. The molecular formula is C29H36N2O7. The zero-order chi connectivity index (χ0) is 27.8. The lowest BCUT2D eigenvalue weighted by Crippen LogP contribution is -2.35. The molecule has 2 aromatic rings. The lowest BCUT2D eigenvalue weighted by Gasteiger charge is -2.27. The minimum absolute atomic E-state index is 0.0377. The van der Waals surface area contributed by atoms with E-state index < -0.39 is 23.7 Å². The second-order valence-corrected chi connectivity index (χ2v) is 9.38. The summed E-state index contributed by atoms with van der Waals surface area (Å²) < 4.78 is 16.4. The summed E-state index contributed by atoms with van der Waals surface area (Å²) in [4.78, 5) is 41.4. The van der Waals surface area contributed by atoms with Crippen molar-refractivity contribution in [2.45, 2.75) is 39.2 Å². The third kappa shape index (κ3) is 6.72. The van der Waals surface area contributed by atoms with E-state index in [-0.39, 0.29) is 23.6 Å². The van der Waals surface area contributed by atoms with Gasteiger partial charge in [0, 0.05) is 25.6 Å². The molecule has 0 spiro atoms. The number of carbonyl (C=O) groups is 3. The number of aliphatic hydroxyl groups excluding tert-OH is 1. The van der Waals surface area contributed by atoms with Crippen LogP contribution in [-0.2, 0) is 14.4 Å². The number of aliphatic hydroxyl groups is 1. The van der Waals surface area contributed by atoms with Crippen molar-refractivity contribution in [3.8, 4) is 17.2 Å². The smallest absolute Gasteiger partial charge is 0.308 e. The maximum absolute atomic E-state index is 13.3. The van der Waals surface area contributed by atoms with Crippen molar-refractivity contribution < 1.29 is 33.7 Å². The molecule has 1 aliphatic heterocycles. The van der Waals surface area contributed by atoms with Crippen molar-refractivity contribution >= 4 is 23.4 Å². The number of Topliss-reactive ketones (excluding diaryl/α,β-unsaturated/α-hetero) is 1. The Balaban J connectivity index is 2.05. The van der Waals surface area contributed by atoms with Gasteiger partial charge in [-0.05, 0) is 62.5 Å². The van der Waals surface area contributed by atoms with Crippen LogP contribution in [0.2, 0.25) is 0 Å². The van der Waals surface area contributed by atoms with Gasteiger partial charge in [0.05, 0.1) is 25.3 Å². The largest absolute Gasteiger partial charge is 0.507 e. The average Bonchev–Trinajstić information content (AvgIpc) is 3.14. The molecule has 9 heteroatoms. The first kappa shape index (κ1) is 28.7. The fourth-order valence-electron chi connectivity index (χ4n) is 4.27. The summed E-state index contributed by atoms with van der Waals surface area (Å²) >= 11 is 0. The van der Waals surface area contributed by atoms with Gasteiger partial charge in [-0.25, -0.2) is 0 Å². The van der Waals surface area contributed by atoms with Gasteiger partial charge in [-0.3, -0.25) is 14.4 Å². The van der Waals surface area contributed by atoms with Gasteiger partial charge >= 0.3 is 5.97 Å². The normalized spacial score (nSPS) is 16.7. The molecule has 1 heterocycles. The Hall–Kier alpha value is -3.85. The summed E-state index contributed by atoms with van der Waals surface area (Å²) in [7, 11) is 5.18. The predicted octanol–water partition coefficient (Wildman–Crippen LogP) is 4.17. The Morgan fingerprint density at radius 1 is 1.05 bits per heavy atom. The number of esters is 1. The Kier molecular flexibility index (Phi) is 9.90. The average molecular weight is 525 g/mol. The van der Waals surface area contributed by atoms with Crippen LogP contribution in [0.3, 0.4) is 0 Å². The van der Waals surface area contributed by atoms with E-state index in [4.69, 9.17) is 14.2 Å². The molecule has 1 aliphatic rings. The number of ketones is 1. The molecule has 9 nitrogen and oxygen atoms in total. The number of rotatable bonds is 12. The van der Waals surface area contributed by atoms with Crippen LogP contribution in [0.25, 0.3) is 5.76 Å². The molecule has 1 atom stereocenters. The highest BCUT2D eigenvalue weighted by Gasteiger charge is 2.46. The minimum Gasteiger partial charge on any atom is -0.507 e. The molecule has 0 aliphatic carbocycles. The Bertz CT molecular complexity index is 1190. The van der Waals surface area contributed by atoms with Gasteiger partial charge in [0.2, 0.25) is 0 Å². The van der Waals surface area contributed by atoms with Crippen molar-refractivity contribution in [3.63, 3.8) is 0 Å². The van der Waals surface area contributed by atoms with Gasteiger partial charge in [0.15, 0.2) is 11.5 Å². The number of ether oxygens (including phenoxy) is 3. The van der Waals surface area contributed by atoms with Gasteiger partial charge in [-0.2, -0.15) is 0 Å². The van der Waals surface area contributed by atoms with Crippen LogP contribution in [0.1, 0.15) is 50.3 Å². The molecule has 1 fully saturated rings. The summed E-state index contributed by atoms with van der Waals surface area (Å²) in [6.07, 6.45) is 3.13. The van der Waals surface area contributed by atoms with Crippen molar-refractivity contribution in [3.05, 3.63) is 59.2 Å². The van der Waals surface area contributed by atoms with E-state index in [9.17, 15) is 19.5 Å². The first-order valence-electron chi connectivity index (χ1n) is 12.7. The second kappa shape index (κ2) is 13.1.